The van der Waals surface area contributed by atoms with E-state index in [-0.39, 0.29) is 11.4 Å². The first-order valence-corrected chi connectivity index (χ1v) is 5.87. The highest BCUT2D eigenvalue weighted by atomic mass is 32.2. The van der Waals surface area contributed by atoms with Crippen molar-refractivity contribution < 1.29 is 13.6 Å². The largest absolute Gasteiger partial charge is 0.323 e. The number of amides is 1. The number of halogens is 2. The molecule has 1 heterocycles. The summed E-state index contributed by atoms with van der Waals surface area (Å²) >= 11 is 1.13. The van der Waals surface area contributed by atoms with Crippen LogP contribution in [0.15, 0.2) is 29.7 Å². The first kappa shape index (κ1) is 12.5. The van der Waals surface area contributed by atoms with E-state index in [0.29, 0.717) is 11.2 Å². The van der Waals surface area contributed by atoms with E-state index in [4.69, 9.17) is 0 Å². The van der Waals surface area contributed by atoms with Gasteiger partial charge < -0.3 is 5.32 Å². The molecule has 0 radical (unpaired) electrons. The van der Waals surface area contributed by atoms with Crippen molar-refractivity contribution in [3.8, 4) is 0 Å². The molecule has 0 aliphatic heterocycles. The number of aromatic amines is 1. The van der Waals surface area contributed by atoms with E-state index in [1.54, 1.807) is 0 Å². The van der Waals surface area contributed by atoms with Gasteiger partial charge in [-0.25, -0.2) is 13.8 Å². The SMILES string of the molecule is O=C(CSc1ncn[nH]1)Nc1ccc(F)cc1F. The fourth-order valence-corrected chi connectivity index (χ4v) is 1.75. The highest BCUT2D eigenvalue weighted by Crippen LogP contribution is 2.16. The predicted molar refractivity (Wildman–Crippen MR) is 62.1 cm³/mol. The molecule has 0 saturated heterocycles. The maximum Gasteiger partial charge on any atom is 0.234 e. The van der Waals surface area contributed by atoms with E-state index in [1.807, 2.05) is 0 Å². The van der Waals surface area contributed by atoms with Crippen molar-refractivity contribution in [3.05, 3.63) is 36.2 Å². The van der Waals surface area contributed by atoms with Gasteiger partial charge in [0.05, 0.1) is 11.4 Å². The van der Waals surface area contributed by atoms with Crippen LogP contribution in [0.5, 0.6) is 0 Å². The summed E-state index contributed by atoms with van der Waals surface area (Å²) in [7, 11) is 0. The molecule has 0 saturated carbocycles. The van der Waals surface area contributed by atoms with Crippen LogP contribution in [0.3, 0.4) is 0 Å². The molecule has 18 heavy (non-hydrogen) atoms. The molecule has 8 heteroatoms. The van der Waals surface area contributed by atoms with Gasteiger partial charge in [-0.15, -0.1) is 0 Å². The molecule has 0 spiro atoms. The Hall–Kier alpha value is -1.96. The summed E-state index contributed by atoms with van der Waals surface area (Å²) in [6.45, 7) is 0. The van der Waals surface area contributed by atoms with Crippen LogP contribution in [0.4, 0.5) is 14.5 Å². The maximum atomic E-state index is 13.2. The topological polar surface area (TPSA) is 70.7 Å². The molecule has 0 aliphatic rings. The number of nitrogens with zero attached hydrogens (tertiary/aromatic N) is 2. The number of rotatable bonds is 4. The zero-order valence-electron chi connectivity index (χ0n) is 8.98. The molecule has 2 rings (SSSR count). The van der Waals surface area contributed by atoms with Crippen molar-refractivity contribution in [2.45, 2.75) is 5.16 Å². The number of thioether (sulfide) groups is 1. The molecular weight excluding hydrogens is 262 g/mol. The fraction of sp³-hybridized carbons (Fsp3) is 0.100. The molecule has 2 N–H and O–H groups in total. The number of carbonyl (C=O) groups excluding carboxylic acids is 1. The van der Waals surface area contributed by atoms with Gasteiger partial charge in [0, 0.05) is 6.07 Å². The van der Waals surface area contributed by atoms with Gasteiger partial charge in [-0.1, -0.05) is 11.8 Å². The molecule has 1 aromatic heterocycles. The number of benzene rings is 1. The van der Waals surface area contributed by atoms with Gasteiger partial charge >= 0.3 is 0 Å². The van der Waals surface area contributed by atoms with Crippen molar-refractivity contribution in [2.24, 2.45) is 0 Å². The fourth-order valence-electron chi connectivity index (χ4n) is 1.17. The summed E-state index contributed by atoms with van der Waals surface area (Å²) < 4.78 is 25.9. The number of hydrogen-bond acceptors (Lipinski definition) is 4. The van der Waals surface area contributed by atoms with E-state index in [1.165, 1.54) is 12.4 Å². The van der Waals surface area contributed by atoms with Crippen molar-refractivity contribution in [3.63, 3.8) is 0 Å². The quantitative estimate of drug-likeness (QED) is 0.831. The molecule has 5 nitrogen and oxygen atoms in total. The Balaban J connectivity index is 1.91. The van der Waals surface area contributed by atoms with E-state index in [9.17, 15) is 13.6 Å². The summed E-state index contributed by atoms with van der Waals surface area (Å²) in [6, 6.07) is 2.95. The molecule has 1 amide bonds. The van der Waals surface area contributed by atoms with Crippen LogP contribution in [-0.4, -0.2) is 26.8 Å². The lowest BCUT2D eigenvalue weighted by atomic mass is 10.3. The molecule has 2 aromatic rings. The summed E-state index contributed by atoms with van der Waals surface area (Å²) in [5.74, 6) is -1.87. The van der Waals surface area contributed by atoms with Crippen LogP contribution in [0.2, 0.25) is 0 Å². The van der Waals surface area contributed by atoms with Gasteiger partial charge in [-0.2, -0.15) is 5.10 Å². The molecule has 0 aliphatic carbocycles. The molecule has 0 fully saturated rings. The number of nitrogens with one attached hydrogen (secondary N) is 2. The predicted octanol–water partition coefficient (Wildman–Crippen LogP) is 1.81. The standard InChI is InChI=1S/C10H8F2N4OS/c11-6-1-2-8(7(12)3-6)15-9(17)4-18-10-13-5-14-16-10/h1-3,5H,4H2,(H,15,17)(H,13,14,16). The van der Waals surface area contributed by atoms with Crippen LogP contribution in [-0.2, 0) is 4.79 Å². The molecule has 0 bridgehead atoms. The third-order valence-electron chi connectivity index (χ3n) is 1.94. The second-order valence-electron chi connectivity index (χ2n) is 3.25. The van der Waals surface area contributed by atoms with Crippen molar-refractivity contribution >= 4 is 23.4 Å². The normalized spacial score (nSPS) is 10.3. The average Bonchev–Trinajstić information content (AvgIpc) is 2.83. The lowest BCUT2D eigenvalue weighted by molar-refractivity contribution is -0.113. The van der Waals surface area contributed by atoms with Crippen molar-refractivity contribution in [1.29, 1.82) is 0 Å². The Morgan fingerprint density at radius 2 is 2.28 bits per heavy atom. The Labute approximate surface area is 105 Å². The smallest absolute Gasteiger partial charge is 0.234 e. The number of aromatic nitrogens is 3. The summed E-state index contributed by atoms with van der Waals surface area (Å²) in [4.78, 5) is 15.3. The number of anilines is 1. The van der Waals surface area contributed by atoms with Crippen LogP contribution in [0.1, 0.15) is 0 Å². The Kier molecular flexibility index (Phi) is 3.88. The highest BCUT2D eigenvalue weighted by molar-refractivity contribution is 7.99. The number of H-pyrrole nitrogens is 1. The molecule has 94 valence electrons. The van der Waals surface area contributed by atoms with E-state index >= 15 is 0 Å². The third kappa shape index (κ3) is 3.27. The Morgan fingerprint density at radius 3 is 2.94 bits per heavy atom. The van der Waals surface area contributed by atoms with Crippen molar-refractivity contribution in [1.82, 2.24) is 15.2 Å². The first-order chi connectivity index (χ1) is 8.65. The Bertz CT molecular complexity index is 547. The summed E-state index contributed by atoms with van der Waals surface area (Å²) in [5.41, 5.74) is -0.0560. The van der Waals surface area contributed by atoms with Gasteiger partial charge in [-0.3, -0.25) is 9.89 Å². The van der Waals surface area contributed by atoms with E-state index in [2.05, 4.69) is 20.5 Å². The van der Waals surface area contributed by atoms with Gasteiger partial charge in [0.15, 0.2) is 5.16 Å². The minimum Gasteiger partial charge on any atom is -0.323 e. The Morgan fingerprint density at radius 1 is 1.44 bits per heavy atom. The zero-order valence-corrected chi connectivity index (χ0v) is 9.80. The zero-order chi connectivity index (χ0) is 13.0. The molecule has 0 atom stereocenters. The van der Waals surface area contributed by atoms with Crippen LogP contribution < -0.4 is 5.32 Å². The summed E-state index contributed by atoms with van der Waals surface area (Å²) in [5, 5.41) is 9.02. The van der Waals surface area contributed by atoms with Crippen LogP contribution >= 0.6 is 11.8 Å². The maximum absolute atomic E-state index is 13.2. The van der Waals surface area contributed by atoms with Gasteiger partial charge in [-0.05, 0) is 12.1 Å². The van der Waals surface area contributed by atoms with Gasteiger partial charge in [0.25, 0.3) is 0 Å². The molecule has 0 unspecified atom stereocenters. The lowest BCUT2D eigenvalue weighted by Gasteiger charge is -2.05. The second-order valence-corrected chi connectivity index (χ2v) is 4.22. The van der Waals surface area contributed by atoms with Crippen LogP contribution in [0.25, 0.3) is 0 Å². The second kappa shape index (κ2) is 5.58. The summed E-state index contributed by atoms with van der Waals surface area (Å²) in [6.07, 6.45) is 1.32. The first-order valence-electron chi connectivity index (χ1n) is 4.88. The average molecular weight is 270 g/mol. The monoisotopic (exact) mass is 270 g/mol. The van der Waals surface area contributed by atoms with Crippen LogP contribution in [0, 0.1) is 11.6 Å². The highest BCUT2D eigenvalue weighted by Gasteiger charge is 2.09. The van der Waals surface area contributed by atoms with E-state index < -0.39 is 17.5 Å². The molecule has 1 aromatic carbocycles. The van der Waals surface area contributed by atoms with Gasteiger partial charge in [0.2, 0.25) is 5.91 Å². The number of carbonyl (C=O) groups is 1. The van der Waals surface area contributed by atoms with E-state index in [0.717, 1.165) is 17.8 Å². The van der Waals surface area contributed by atoms with Crippen molar-refractivity contribution in [2.75, 3.05) is 11.1 Å². The third-order valence-corrected chi connectivity index (χ3v) is 2.81. The minimum absolute atomic E-state index is 0.0476. The minimum atomic E-state index is -0.812. The molecular formula is C10H8F2N4OS. The van der Waals surface area contributed by atoms with Gasteiger partial charge in [0.1, 0.15) is 18.0 Å². The lowest BCUT2D eigenvalue weighted by Crippen LogP contribution is -2.15. The number of hydrogen-bond donors (Lipinski definition) is 2.